The predicted molar refractivity (Wildman–Crippen MR) is 177 cm³/mol. The molecule has 7 heteroatoms. The zero-order chi connectivity index (χ0) is 31.9. The molecule has 0 radical (unpaired) electrons. The van der Waals surface area contributed by atoms with E-state index in [1.54, 1.807) is 0 Å². The number of carboxylic acids is 3. The molecule has 43 heavy (non-hydrogen) atoms. The Morgan fingerprint density at radius 1 is 0.395 bits per heavy atom. The molecule has 0 aromatic carbocycles. The minimum atomic E-state index is -0.823. The number of hydrogen-bond donors (Lipinski definition) is 3. The highest BCUT2D eigenvalue weighted by molar-refractivity contribution is 5.67. The molecule has 0 fully saturated rings. The molecule has 0 bridgehead atoms. The fraction of sp³-hybridized carbons (Fsp3) is 0.861. The quantitative estimate of drug-likeness (QED) is 0.0374. The van der Waals surface area contributed by atoms with Crippen molar-refractivity contribution in [2.24, 2.45) is 0 Å². The van der Waals surface area contributed by atoms with E-state index in [9.17, 15) is 14.4 Å². The molecule has 0 saturated heterocycles. The van der Waals surface area contributed by atoms with Crippen molar-refractivity contribution in [1.29, 1.82) is 0 Å². The van der Waals surface area contributed by atoms with Gasteiger partial charge in [-0.25, -0.2) is 0 Å². The zero-order valence-electron chi connectivity index (χ0n) is 27.7. The van der Waals surface area contributed by atoms with Gasteiger partial charge in [0.25, 0.3) is 0 Å². The number of rotatable bonds is 35. The van der Waals surface area contributed by atoms with E-state index in [0.717, 1.165) is 19.4 Å². The van der Waals surface area contributed by atoms with Gasteiger partial charge in [-0.05, 0) is 25.7 Å². The van der Waals surface area contributed by atoms with Crippen LogP contribution in [0.25, 0.3) is 0 Å². The third-order valence-electron chi connectivity index (χ3n) is 8.86. The number of nitrogens with zero attached hydrogens (tertiary/aromatic N) is 1. The molecule has 0 aromatic heterocycles. The molecule has 252 valence electrons. The van der Waals surface area contributed by atoms with Crippen molar-refractivity contribution in [3.05, 3.63) is 12.7 Å². The molecule has 0 amide bonds. The van der Waals surface area contributed by atoms with Gasteiger partial charge in [0.2, 0.25) is 0 Å². The predicted octanol–water partition coefficient (Wildman–Crippen LogP) is 9.78. The summed E-state index contributed by atoms with van der Waals surface area (Å²) in [5, 5.41) is 27.3. The van der Waals surface area contributed by atoms with Crippen molar-refractivity contribution in [2.45, 2.75) is 173 Å². The lowest BCUT2D eigenvalue weighted by atomic mass is 10.0. The highest BCUT2D eigenvalue weighted by Gasteiger charge is 2.27. The number of unbranched alkanes of at least 4 members (excludes halogenated alkanes) is 20. The summed E-state index contributed by atoms with van der Waals surface area (Å²) >= 11 is 0. The van der Waals surface area contributed by atoms with Gasteiger partial charge in [-0.1, -0.05) is 115 Å². The lowest BCUT2D eigenvalue weighted by molar-refractivity contribution is -0.929. The van der Waals surface area contributed by atoms with E-state index < -0.39 is 17.9 Å². The Balaban J connectivity index is 3.95. The van der Waals surface area contributed by atoms with E-state index in [2.05, 4.69) is 6.58 Å². The van der Waals surface area contributed by atoms with Crippen molar-refractivity contribution in [3.63, 3.8) is 0 Å². The van der Waals surface area contributed by atoms with Gasteiger partial charge in [-0.15, -0.1) is 6.58 Å². The summed E-state index contributed by atoms with van der Waals surface area (Å²) in [5.41, 5.74) is 0. The van der Waals surface area contributed by atoms with Gasteiger partial charge in [0.05, 0.1) is 45.4 Å². The molecular weight excluding hydrogens is 542 g/mol. The molecule has 3 N–H and O–H groups in total. The fourth-order valence-electron chi connectivity index (χ4n) is 6.29. The normalized spacial score (nSPS) is 11.5. The monoisotopic (exact) mass is 611 g/mol. The number of allylic oxidation sites excluding steroid dienone is 1. The Morgan fingerprint density at radius 2 is 0.628 bits per heavy atom. The van der Waals surface area contributed by atoms with Crippen LogP contribution in [0.3, 0.4) is 0 Å². The fourth-order valence-corrected chi connectivity index (χ4v) is 6.29. The molecule has 0 unspecified atom stereocenters. The smallest absolute Gasteiger partial charge is 0.303 e. The third kappa shape index (κ3) is 29.9. The van der Waals surface area contributed by atoms with Crippen LogP contribution in [-0.2, 0) is 14.4 Å². The molecule has 0 aromatic rings. The molecule has 0 spiro atoms. The average molecular weight is 611 g/mol. The molecule has 0 saturated carbocycles. The number of carbonyl (C=O) groups is 3. The second-order valence-electron chi connectivity index (χ2n) is 12.9. The molecule has 0 aliphatic carbocycles. The van der Waals surface area contributed by atoms with E-state index in [1.807, 2.05) is 6.08 Å². The summed E-state index contributed by atoms with van der Waals surface area (Å²) in [6.07, 6.45) is 31.6. The van der Waals surface area contributed by atoms with E-state index >= 15 is 0 Å². The minimum absolute atomic E-state index is 0.0925. The molecule has 0 aliphatic rings. The average Bonchev–Trinajstić information content (AvgIpc) is 2.95. The van der Waals surface area contributed by atoms with E-state index in [0.29, 0.717) is 43.4 Å². The van der Waals surface area contributed by atoms with Crippen LogP contribution < -0.4 is 0 Å². The molecule has 0 atom stereocenters. The third-order valence-corrected chi connectivity index (χ3v) is 8.86. The maximum Gasteiger partial charge on any atom is 0.303 e. The highest BCUT2D eigenvalue weighted by atomic mass is 16.4. The first-order chi connectivity index (χ1) is 20.8. The summed E-state index contributed by atoms with van der Waals surface area (Å²) in [6.45, 7) is 6.66. The summed E-state index contributed by atoms with van der Waals surface area (Å²) in [4.78, 5) is 33.3. The minimum Gasteiger partial charge on any atom is -0.481 e. The molecular formula is C36H68NO6+. The molecule has 0 aliphatic heterocycles. The first-order valence-electron chi connectivity index (χ1n) is 17.9. The molecule has 7 nitrogen and oxygen atoms in total. The van der Waals surface area contributed by atoms with E-state index in [4.69, 9.17) is 15.3 Å². The standard InChI is InChI=1S/C36H67NO6/c1-2-3-4-5-6-7-8-9-10-11-12-13-14-15-16-17-18-19-20-21-22-23-30-37(31-24-27-34(38)39,32-25-28-35(40)41)33-26-29-36(42)43/h2H,1,3-33H2,(H2-,38,39,40,41,42,43)/p+1. The Morgan fingerprint density at radius 3 is 0.884 bits per heavy atom. The van der Waals surface area contributed by atoms with Crippen LogP contribution in [0.1, 0.15) is 173 Å². The summed E-state index contributed by atoms with van der Waals surface area (Å²) in [6, 6.07) is 0. The lowest BCUT2D eigenvalue weighted by Gasteiger charge is -2.39. The van der Waals surface area contributed by atoms with Crippen LogP contribution >= 0.6 is 0 Å². The van der Waals surface area contributed by atoms with Crippen molar-refractivity contribution in [1.82, 2.24) is 0 Å². The van der Waals surface area contributed by atoms with E-state index in [1.165, 1.54) is 122 Å². The maximum atomic E-state index is 11.1. The van der Waals surface area contributed by atoms with Crippen LogP contribution in [-0.4, -0.2) is 63.9 Å². The number of aliphatic carboxylic acids is 3. The van der Waals surface area contributed by atoms with Gasteiger partial charge in [0.1, 0.15) is 0 Å². The Kier molecular flexibility index (Phi) is 28.8. The van der Waals surface area contributed by atoms with Crippen LogP contribution in [0.15, 0.2) is 12.7 Å². The largest absolute Gasteiger partial charge is 0.481 e. The van der Waals surface area contributed by atoms with Gasteiger partial charge in [-0.2, -0.15) is 0 Å². The van der Waals surface area contributed by atoms with Crippen LogP contribution in [0, 0.1) is 0 Å². The maximum absolute atomic E-state index is 11.1. The number of carboxylic acid groups (broad SMARTS) is 3. The summed E-state index contributed by atoms with van der Waals surface area (Å²) in [7, 11) is 0. The van der Waals surface area contributed by atoms with Crippen LogP contribution in [0.4, 0.5) is 0 Å². The van der Waals surface area contributed by atoms with Gasteiger partial charge in [-0.3, -0.25) is 14.4 Å². The Bertz CT molecular complexity index is 645. The molecule has 0 rings (SSSR count). The van der Waals surface area contributed by atoms with Crippen LogP contribution in [0.2, 0.25) is 0 Å². The van der Waals surface area contributed by atoms with Gasteiger partial charge in [0, 0.05) is 19.3 Å². The van der Waals surface area contributed by atoms with Crippen molar-refractivity contribution >= 4 is 17.9 Å². The van der Waals surface area contributed by atoms with Crippen molar-refractivity contribution < 1.29 is 34.2 Å². The summed E-state index contributed by atoms with van der Waals surface area (Å²) in [5.74, 6) is -2.47. The summed E-state index contributed by atoms with van der Waals surface area (Å²) < 4.78 is 0.643. The van der Waals surface area contributed by atoms with Gasteiger partial charge < -0.3 is 19.8 Å². The second kappa shape index (κ2) is 30.1. The SMILES string of the molecule is C=CCCCCCCCCCCCCCCCCCCCCCC[N+](CCCC(=O)O)(CCCC(=O)O)CCCC(=O)O. The highest BCUT2D eigenvalue weighted by Crippen LogP contribution is 2.19. The van der Waals surface area contributed by atoms with E-state index in [-0.39, 0.29) is 19.3 Å². The Labute approximate surface area is 264 Å². The number of hydrogen-bond acceptors (Lipinski definition) is 3. The first-order valence-corrected chi connectivity index (χ1v) is 17.9. The number of quaternary nitrogens is 1. The van der Waals surface area contributed by atoms with Crippen molar-refractivity contribution in [3.8, 4) is 0 Å². The molecule has 0 heterocycles. The second-order valence-corrected chi connectivity index (χ2v) is 12.9. The van der Waals surface area contributed by atoms with Gasteiger partial charge in [0.15, 0.2) is 0 Å². The zero-order valence-corrected chi connectivity index (χ0v) is 27.7. The van der Waals surface area contributed by atoms with Crippen molar-refractivity contribution in [2.75, 3.05) is 26.2 Å². The Hall–Kier alpha value is -1.89. The van der Waals surface area contributed by atoms with Gasteiger partial charge >= 0.3 is 17.9 Å². The lowest BCUT2D eigenvalue weighted by Crippen LogP contribution is -2.51. The first kappa shape index (κ1) is 41.1. The topological polar surface area (TPSA) is 112 Å². The van der Waals surface area contributed by atoms with Crippen LogP contribution in [0.5, 0.6) is 0 Å².